The van der Waals surface area contributed by atoms with Gasteiger partial charge in [0.15, 0.2) is 5.78 Å². The summed E-state index contributed by atoms with van der Waals surface area (Å²) in [6.07, 6.45) is 2.92. The van der Waals surface area contributed by atoms with Crippen LogP contribution in [0.2, 0.25) is 0 Å². The Labute approximate surface area is 130 Å². The highest BCUT2D eigenvalue weighted by Crippen LogP contribution is 2.31. The zero-order valence-electron chi connectivity index (χ0n) is 13.2. The standard InChI is InChI=1S/C17H22N4O/c1-19(2)12-6-9-20(10-7-12)17-18-14-5-3-4-13-15(22)8-11-21(17)16(13)14/h3-5,12H,6-11H2,1-2H3. The minimum atomic E-state index is 0.246. The molecule has 0 saturated carbocycles. The van der Waals surface area contributed by atoms with Gasteiger partial charge in [-0.05, 0) is 39.1 Å². The molecule has 1 aromatic carbocycles. The molecule has 0 radical (unpaired) electrons. The number of piperidine rings is 1. The number of aromatic nitrogens is 2. The molecule has 3 heterocycles. The highest BCUT2D eigenvalue weighted by atomic mass is 16.1. The number of imidazole rings is 1. The first-order valence-corrected chi connectivity index (χ1v) is 8.09. The van der Waals surface area contributed by atoms with Crippen molar-refractivity contribution in [1.29, 1.82) is 0 Å². The summed E-state index contributed by atoms with van der Waals surface area (Å²) < 4.78 is 2.25. The number of ketones is 1. The van der Waals surface area contributed by atoms with Crippen LogP contribution in [0.4, 0.5) is 5.95 Å². The predicted octanol–water partition coefficient (Wildman–Crippen LogP) is 2.15. The van der Waals surface area contributed by atoms with E-state index in [4.69, 9.17) is 4.98 Å². The van der Waals surface area contributed by atoms with Gasteiger partial charge in [0, 0.05) is 37.7 Å². The van der Waals surface area contributed by atoms with Gasteiger partial charge in [0.2, 0.25) is 5.95 Å². The number of aryl methyl sites for hydroxylation is 1. The molecule has 22 heavy (non-hydrogen) atoms. The molecule has 1 fully saturated rings. The van der Waals surface area contributed by atoms with Crippen molar-refractivity contribution in [3.05, 3.63) is 23.8 Å². The van der Waals surface area contributed by atoms with Crippen LogP contribution < -0.4 is 4.90 Å². The number of hydrogen-bond acceptors (Lipinski definition) is 4. The molecule has 5 nitrogen and oxygen atoms in total. The number of para-hydroxylation sites is 1. The minimum Gasteiger partial charge on any atom is -0.342 e. The molecule has 0 unspecified atom stereocenters. The zero-order valence-corrected chi connectivity index (χ0v) is 13.2. The van der Waals surface area contributed by atoms with Gasteiger partial charge in [0.25, 0.3) is 0 Å². The quantitative estimate of drug-likeness (QED) is 0.852. The Morgan fingerprint density at radius 2 is 1.95 bits per heavy atom. The van der Waals surface area contributed by atoms with Gasteiger partial charge in [-0.3, -0.25) is 4.79 Å². The molecule has 0 N–H and O–H groups in total. The molecule has 2 aliphatic rings. The normalized spacial score (nSPS) is 19.4. The van der Waals surface area contributed by atoms with Crippen molar-refractivity contribution in [3.63, 3.8) is 0 Å². The van der Waals surface area contributed by atoms with Crippen molar-refractivity contribution >= 4 is 22.8 Å². The van der Waals surface area contributed by atoms with Crippen LogP contribution in [0, 0.1) is 0 Å². The summed E-state index contributed by atoms with van der Waals surface area (Å²) in [6.45, 7) is 2.83. The van der Waals surface area contributed by atoms with Gasteiger partial charge in [-0.15, -0.1) is 0 Å². The number of carbonyl (C=O) groups excluding carboxylic acids is 1. The van der Waals surface area contributed by atoms with Crippen molar-refractivity contribution in [2.75, 3.05) is 32.1 Å². The first kappa shape index (κ1) is 13.8. The average molecular weight is 298 g/mol. The van der Waals surface area contributed by atoms with Crippen molar-refractivity contribution in [3.8, 4) is 0 Å². The first-order chi connectivity index (χ1) is 10.6. The van der Waals surface area contributed by atoms with Crippen LogP contribution in [0.5, 0.6) is 0 Å². The van der Waals surface area contributed by atoms with Crippen LogP contribution in [-0.2, 0) is 6.54 Å². The van der Waals surface area contributed by atoms with E-state index in [1.165, 1.54) is 12.8 Å². The molecule has 2 aliphatic heterocycles. The maximum absolute atomic E-state index is 12.1. The van der Waals surface area contributed by atoms with Gasteiger partial charge in [0.1, 0.15) is 0 Å². The maximum Gasteiger partial charge on any atom is 0.206 e. The van der Waals surface area contributed by atoms with E-state index in [-0.39, 0.29) is 5.78 Å². The molecule has 2 aromatic rings. The summed E-state index contributed by atoms with van der Waals surface area (Å²) in [5, 5.41) is 0. The monoisotopic (exact) mass is 298 g/mol. The lowest BCUT2D eigenvalue weighted by atomic mass is 10.0. The number of nitrogens with zero attached hydrogens (tertiary/aromatic N) is 4. The molecule has 5 heteroatoms. The highest BCUT2D eigenvalue weighted by Gasteiger charge is 2.28. The summed E-state index contributed by atoms with van der Waals surface area (Å²) in [7, 11) is 4.32. The molecule has 0 atom stereocenters. The topological polar surface area (TPSA) is 41.4 Å². The number of carbonyl (C=O) groups is 1. The lowest BCUT2D eigenvalue weighted by Crippen LogP contribution is -2.43. The van der Waals surface area contributed by atoms with E-state index in [9.17, 15) is 4.79 Å². The van der Waals surface area contributed by atoms with E-state index < -0.39 is 0 Å². The average Bonchev–Trinajstić information content (AvgIpc) is 2.91. The fourth-order valence-corrected chi connectivity index (χ4v) is 3.78. The number of benzene rings is 1. The van der Waals surface area contributed by atoms with Crippen molar-refractivity contribution in [2.45, 2.75) is 31.8 Å². The van der Waals surface area contributed by atoms with Gasteiger partial charge in [-0.1, -0.05) is 6.07 Å². The Morgan fingerprint density at radius 3 is 2.68 bits per heavy atom. The molecule has 0 aliphatic carbocycles. The van der Waals surface area contributed by atoms with Crippen LogP contribution in [0.3, 0.4) is 0 Å². The van der Waals surface area contributed by atoms with Gasteiger partial charge in [0.05, 0.1) is 11.0 Å². The lowest BCUT2D eigenvalue weighted by Gasteiger charge is -2.36. The molecule has 116 valence electrons. The summed E-state index contributed by atoms with van der Waals surface area (Å²) >= 11 is 0. The minimum absolute atomic E-state index is 0.246. The Bertz CT molecular complexity index is 726. The van der Waals surface area contributed by atoms with Gasteiger partial charge in [-0.2, -0.15) is 0 Å². The number of rotatable bonds is 2. The molecule has 0 amide bonds. The largest absolute Gasteiger partial charge is 0.342 e. The number of hydrogen-bond donors (Lipinski definition) is 0. The third-order valence-electron chi connectivity index (χ3n) is 5.09. The van der Waals surface area contributed by atoms with Gasteiger partial charge in [-0.25, -0.2) is 4.98 Å². The van der Waals surface area contributed by atoms with E-state index in [0.717, 1.165) is 42.2 Å². The van der Waals surface area contributed by atoms with E-state index in [1.54, 1.807) is 0 Å². The van der Waals surface area contributed by atoms with Crippen LogP contribution >= 0.6 is 0 Å². The van der Waals surface area contributed by atoms with Gasteiger partial charge < -0.3 is 14.4 Å². The molecule has 1 saturated heterocycles. The molecular weight excluding hydrogens is 276 g/mol. The summed E-state index contributed by atoms with van der Waals surface area (Å²) in [4.78, 5) is 21.7. The van der Waals surface area contributed by atoms with E-state index in [2.05, 4.69) is 28.5 Å². The Morgan fingerprint density at radius 1 is 1.18 bits per heavy atom. The Kier molecular flexibility index (Phi) is 3.18. The van der Waals surface area contributed by atoms with Crippen molar-refractivity contribution in [2.24, 2.45) is 0 Å². The third-order valence-corrected chi connectivity index (χ3v) is 5.09. The van der Waals surface area contributed by atoms with E-state index in [1.807, 2.05) is 18.2 Å². The van der Waals surface area contributed by atoms with Gasteiger partial charge >= 0.3 is 0 Å². The molecule has 1 aromatic heterocycles. The number of anilines is 1. The maximum atomic E-state index is 12.1. The Balaban J connectivity index is 1.71. The van der Waals surface area contributed by atoms with Crippen LogP contribution in [0.25, 0.3) is 11.0 Å². The molecular formula is C17H22N4O. The van der Waals surface area contributed by atoms with E-state index in [0.29, 0.717) is 12.5 Å². The van der Waals surface area contributed by atoms with Crippen LogP contribution in [0.1, 0.15) is 29.6 Å². The Hall–Kier alpha value is -1.88. The fraction of sp³-hybridized carbons (Fsp3) is 0.529. The molecule has 4 rings (SSSR count). The second-order valence-corrected chi connectivity index (χ2v) is 6.59. The number of Topliss-reactive ketones (excluding diaryl/α,β-unsaturated/α-hetero) is 1. The smallest absolute Gasteiger partial charge is 0.206 e. The van der Waals surface area contributed by atoms with Crippen LogP contribution in [-0.4, -0.2) is 53.5 Å². The van der Waals surface area contributed by atoms with Crippen molar-refractivity contribution < 1.29 is 4.79 Å². The summed E-state index contributed by atoms with van der Waals surface area (Å²) in [5.41, 5.74) is 2.82. The fourth-order valence-electron chi connectivity index (χ4n) is 3.78. The first-order valence-electron chi connectivity index (χ1n) is 8.09. The van der Waals surface area contributed by atoms with Crippen molar-refractivity contribution in [1.82, 2.24) is 14.5 Å². The molecule has 0 bridgehead atoms. The lowest BCUT2D eigenvalue weighted by molar-refractivity contribution is 0.0973. The highest BCUT2D eigenvalue weighted by molar-refractivity contribution is 6.08. The third kappa shape index (κ3) is 2.03. The second kappa shape index (κ2) is 5.09. The van der Waals surface area contributed by atoms with Crippen LogP contribution in [0.15, 0.2) is 18.2 Å². The zero-order chi connectivity index (χ0) is 15.3. The van der Waals surface area contributed by atoms with E-state index >= 15 is 0 Å². The second-order valence-electron chi connectivity index (χ2n) is 6.59. The predicted molar refractivity (Wildman–Crippen MR) is 87.6 cm³/mol. The summed E-state index contributed by atoms with van der Waals surface area (Å²) in [6, 6.07) is 6.56. The molecule has 0 spiro atoms. The summed E-state index contributed by atoms with van der Waals surface area (Å²) in [5.74, 6) is 1.29. The SMILES string of the molecule is CN(C)C1CCN(c2nc3cccc4c3n2CCC4=O)CC1.